The molecular weight excluding hydrogens is 146 g/mol. The van der Waals surface area contributed by atoms with Crippen molar-refractivity contribution < 1.29 is 0 Å². The standard InChI is InChI=1S/C11H10N/c1-2-6-11-9(4-1)8-10-5-3-7-12(10)11/h1-2,4,6H,3,5,7H2. The Morgan fingerprint density at radius 3 is 3.17 bits per heavy atom. The van der Waals surface area contributed by atoms with Gasteiger partial charge >= 0.3 is 0 Å². The third-order valence-corrected chi connectivity index (χ3v) is 2.59. The molecule has 12 heavy (non-hydrogen) atoms. The van der Waals surface area contributed by atoms with Crippen molar-refractivity contribution in [3.05, 3.63) is 36.0 Å². The molecule has 1 nitrogen and oxygen atoms in total. The van der Waals surface area contributed by atoms with Crippen LogP contribution in [0, 0.1) is 6.07 Å². The van der Waals surface area contributed by atoms with Crippen LogP contribution < -0.4 is 0 Å². The Morgan fingerprint density at radius 2 is 2.17 bits per heavy atom. The number of para-hydroxylation sites is 1. The first-order valence-corrected chi connectivity index (χ1v) is 4.44. The summed E-state index contributed by atoms with van der Waals surface area (Å²) in [6, 6.07) is 11.9. The van der Waals surface area contributed by atoms with Crippen molar-refractivity contribution in [2.24, 2.45) is 0 Å². The fourth-order valence-electron chi connectivity index (χ4n) is 2.04. The molecule has 1 aromatic carbocycles. The number of hydrogen-bond acceptors (Lipinski definition) is 0. The van der Waals surface area contributed by atoms with Crippen molar-refractivity contribution in [1.82, 2.24) is 4.57 Å². The number of hydrogen-bond donors (Lipinski definition) is 0. The summed E-state index contributed by atoms with van der Waals surface area (Å²) in [5, 5.41) is 1.27. The van der Waals surface area contributed by atoms with E-state index < -0.39 is 0 Å². The minimum atomic E-state index is 1.18. The number of aromatic nitrogens is 1. The number of benzene rings is 1. The Hall–Kier alpha value is -1.24. The van der Waals surface area contributed by atoms with Crippen LogP contribution in [-0.4, -0.2) is 4.57 Å². The fourth-order valence-corrected chi connectivity index (χ4v) is 2.04. The van der Waals surface area contributed by atoms with Gasteiger partial charge in [-0.2, -0.15) is 0 Å². The number of fused-ring (bicyclic) bond motifs is 3. The lowest BCUT2D eigenvalue weighted by molar-refractivity contribution is 0.772. The van der Waals surface area contributed by atoms with Crippen LogP contribution in [0.4, 0.5) is 0 Å². The average molecular weight is 156 g/mol. The lowest BCUT2D eigenvalue weighted by Gasteiger charge is -1.97. The predicted octanol–water partition coefficient (Wildman–Crippen LogP) is 2.39. The molecule has 0 fully saturated rings. The topological polar surface area (TPSA) is 4.93 Å². The van der Waals surface area contributed by atoms with Crippen molar-refractivity contribution in [1.29, 1.82) is 0 Å². The van der Waals surface area contributed by atoms with Gasteiger partial charge < -0.3 is 4.57 Å². The molecule has 0 spiro atoms. The van der Waals surface area contributed by atoms with E-state index in [0.29, 0.717) is 0 Å². The van der Waals surface area contributed by atoms with Gasteiger partial charge in [-0.1, -0.05) is 18.2 Å². The van der Waals surface area contributed by atoms with Crippen molar-refractivity contribution in [3.8, 4) is 0 Å². The minimum Gasteiger partial charge on any atom is -0.344 e. The smallest absolute Gasteiger partial charge is 0.0489 e. The molecule has 0 aliphatic carbocycles. The van der Waals surface area contributed by atoms with Gasteiger partial charge in [0, 0.05) is 29.2 Å². The fraction of sp³-hybridized carbons (Fsp3) is 0.273. The van der Waals surface area contributed by atoms with E-state index in [1.54, 1.807) is 0 Å². The summed E-state index contributed by atoms with van der Waals surface area (Å²) >= 11 is 0. The summed E-state index contributed by atoms with van der Waals surface area (Å²) in [6.07, 6.45) is 2.49. The second-order valence-electron chi connectivity index (χ2n) is 3.34. The third kappa shape index (κ3) is 0.685. The van der Waals surface area contributed by atoms with E-state index >= 15 is 0 Å². The van der Waals surface area contributed by atoms with Crippen LogP contribution in [0.25, 0.3) is 10.9 Å². The van der Waals surface area contributed by atoms with E-state index in [0.717, 1.165) is 0 Å². The number of rotatable bonds is 0. The Bertz CT molecular complexity index is 425. The normalized spacial score (nSPS) is 15.3. The van der Waals surface area contributed by atoms with Crippen molar-refractivity contribution in [2.45, 2.75) is 19.4 Å². The zero-order valence-corrected chi connectivity index (χ0v) is 6.88. The predicted molar refractivity (Wildman–Crippen MR) is 49.1 cm³/mol. The first-order chi connectivity index (χ1) is 5.95. The van der Waals surface area contributed by atoms with Crippen LogP contribution >= 0.6 is 0 Å². The lowest BCUT2D eigenvalue weighted by atomic mass is 10.2. The highest BCUT2D eigenvalue weighted by atomic mass is 15.0. The van der Waals surface area contributed by atoms with Crippen LogP contribution in [0.2, 0.25) is 0 Å². The summed E-state index contributed by atoms with van der Waals surface area (Å²) in [6.45, 7) is 1.18. The van der Waals surface area contributed by atoms with E-state index in [1.807, 2.05) is 0 Å². The van der Waals surface area contributed by atoms with Gasteiger partial charge in [-0.05, 0) is 18.9 Å². The second-order valence-corrected chi connectivity index (χ2v) is 3.34. The highest BCUT2D eigenvalue weighted by Gasteiger charge is 2.13. The van der Waals surface area contributed by atoms with Gasteiger partial charge in [0.25, 0.3) is 0 Å². The molecule has 0 atom stereocenters. The molecule has 3 rings (SSSR count). The highest BCUT2D eigenvalue weighted by molar-refractivity contribution is 5.80. The third-order valence-electron chi connectivity index (χ3n) is 2.59. The van der Waals surface area contributed by atoms with Gasteiger partial charge in [0.15, 0.2) is 0 Å². The van der Waals surface area contributed by atoms with Crippen LogP contribution in [0.15, 0.2) is 24.3 Å². The zero-order valence-electron chi connectivity index (χ0n) is 6.88. The summed E-state index contributed by atoms with van der Waals surface area (Å²) in [4.78, 5) is 0. The molecule has 1 radical (unpaired) electrons. The molecule has 1 aromatic heterocycles. The molecule has 1 aliphatic rings. The molecule has 0 saturated heterocycles. The maximum Gasteiger partial charge on any atom is 0.0489 e. The van der Waals surface area contributed by atoms with Crippen LogP contribution in [0.3, 0.4) is 0 Å². The molecule has 1 aliphatic heterocycles. The zero-order chi connectivity index (χ0) is 7.97. The first-order valence-electron chi connectivity index (χ1n) is 4.44. The van der Waals surface area contributed by atoms with Gasteiger partial charge in [-0.3, -0.25) is 0 Å². The molecule has 2 aromatic rings. The van der Waals surface area contributed by atoms with E-state index in [1.165, 1.54) is 36.0 Å². The molecule has 0 amide bonds. The second kappa shape index (κ2) is 2.13. The van der Waals surface area contributed by atoms with Gasteiger partial charge in [-0.15, -0.1) is 0 Å². The van der Waals surface area contributed by atoms with E-state index in [4.69, 9.17) is 0 Å². The molecule has 2 heterocycles. The summed E-state index contributed by atoms with van der Waals surface area (Å²) < 4.78 is 2.38. The summed E-state index contributed by atoms with van der Waals surface area (Å²) in [7, 11) is 0. The molecule has 0 saturated carbocycles. The molecule has 0 N–H and O–H groups in total. The molecular formula is C11H10N. The molecule has 0 unspecified atom stereocenters. The monoisotopic (exact) mass is 156 g/mol. The summed E-state index contributed by atoms with van der Waals surface area (Å²) in [5.74, 6) is 0. The SMILES string of the molecule is [c]1c2n(c3ccccc13)CCC2. The Morgan fingerprint density at radius 1 is 1.25 bits per heavy atom. The molecule has 59 valence electrons. The van der Waals surface area contributed by atoms with Crippen molar-refractivity contribution in [3.63, 3.8) is 0 Å². The van der Waals surface area contributed by atoms with Crippen LogP contribution in [0.1, 0.15) is 12.1 Å². The van der Waals surface area contributed by atoms with Crippen molar-refractivity contribution >= 4 is 10.9 Å². The summed E-state index contributed by atoms with van der Waals surface area (Å²) in [5.41, 5.74) is 2.74. The number of aryl methyl sites for hydroxylation is 2. The molecule has 0 bridgehead atoms. The Labute approximate surface area is 71.6 Å². The van der Waals surface area contributed by atoms with Gasteiger partial charge in [0.2, 0.25) is 0 Å². The van der Waals surface area contributed by atoms with Gasteiger partial charge in [-0.25, -0.2) is 0 Å². The Kier molecular flexibility index (Phi) is 1.12. The lowest BCUT2D eigenvalue weighted by Crippen LogP contribution is -1.89. The molecule has 1 heteroatoms. The quantitative estimate of drug-likeness (QED) is 0.552. The van der Waals surface area contributed by atoms with E-state index in [2.05, 4.69) is 34.9 Å². The largest absolute Gasteiger partial charge is 0.344 e. The highest BCUT2D eigenvalue weighted by Crippen LogP contribution is 2.24. The first kappa shape index (κ1) is 6.30. The van der Waals surface area contributed by atoms with Crippen molar-refractivity contribution in [2.75, 3.05) is 0 Å². The van der Waals surface area contributed by atoms with E-state index in [9.17, 15) is 0 Å². The van der Waals surface area contributed by atoms with E-state index in [-0.39, 0.29) is 0 Å². The van der Waals surface area contributed by atoms with Gasteiger partial charge in [0.1, 0.15) is 0 Å². The Balaban J connectivity index is 2.44. The van der Waals surface area contributed by atoms with Gasteiger partial charge in [0.05, 0.1) is 0 Å². The maximum absolute atomic E-state index is 3.44. The maximum atomic E-state index is 3.44. The average Bonchev–Trinajstić information content (AvgIpc) is 2.62. The minimum absolute atomic E-state index is 1.18. The van der Waals surface area contributed by atoms with Crippen LogP contribution in [0.5, 0.6) is 0 Å². The number of nitrogens with zero attached hydrogens (tertiary/aromatic N) is 1. The van der Waals surface area contributed by atoms with Crippen LogP contribution in [-0.2, 0) is 13.0 Å².